The highest BCUT2D eigenvalue weighted by Crippen LogP contribution is 2.23. The third kappa shape index (κ3) is 3.92. The number of carbonyl (C=O) groups excluding carboxylic acids is 1. The van der Waals surface area contributed by atoms with Gasteiger partial charge in [-0.2, -0.15) is 0 Å². The van der Waals surface area contributed by atoms with E-state index in [0.29, 0.717) is 22.4 Å². The number of ether oxygens (including phenoxy) is 2. The lowest BCUT2D eigenvalue weighted by molar-refractivity contribution is -0.121. The molecule has 3 rings (SSSR count). The van der Waals surface area contributed by atoms with Crippen molar-refractivity contribution in [2.24, 2.45) is 0 Å². The Morgan fingerprint density at radius 2 is 2.00 bits per heavy atom. The number of aryl methyl sites for hydroxylation is 1. The van der Waals surface area contributed by atoms with Gasteiger partial charge in [-0.1, -0.05) is 12.1 Å². The monoisotopic (exact) mass is 367 g/mol. The molecule has 0 spiro atoms. The summed E-state index contributed by atoms with van der Waals surface area (Å²) in [7, 11) is 3.14. The first-order chi connectivity index (χ1) is 13.0. The largest absolute Gasteiger partial charge is 0.497 e. The normalized spacial score (nSPS) is 10.6. The van der Waals surface area contributed by atoms with E-state index < -0.39 is 0 Å². The molecule has 0 atom stereocenters. The number of hydrogen-bond acceptors (Lipinski definition) is 5. The van der Waals surface area contributed by atoms with E-state index in [1.807, 2.05) is 13.0 Å². The average Bonchev–Trinajstić information content (AvgIpc) is 2.68. The molecular weight excluding hydrogens is 346 g/mol. The molecule has 1 amide bonds. The summed E-state index contributed by atoms with van der Waals surface area (Å²) in [5.41, 5.74) is 2.12. The van der Waals surface area contributed by atoms with Crippen LogP contribution in [0.2, 0.25) is 0 Å². The van der Waals surface area contributed by atoms with Gasteiger partial charge in [0.05, 0.1) is 31.4 Å². The van der Waals surface area contributed by atoms with Gasteiger partial charge in [0.2, 0.25) is 5.91 Å². The number of rotatable bonds is 6. The molecule has 0 saturated heterocycles. The van der Waals surface area contributed by atoms with Gasteiger partial charge in [0.1, 0.15) is 18.0 Å². The number of aromatic nitrogens is 2. The molecule has 7 heteroatoms. The lowest BCUT2D eigenvalue weighted by Gasteiger charge is -2.12. The zero-order chi connectivity index (χ0) is 19.4. The Balaban J connectivity index is 1.74. The van der Waals surface area contributed by atoms with Gasteiger partial charge < -0.3 is 14.8 Å². The van der Waals surface area contributed by atoms with Crippen molar-refractivity contribution >= 4 is 16.8 Å². The standard InChI is InChI=1S/C20H21N3O4/c1-13-5-4-6-16-19(13)22-12-23(20(16)25)11-18(24)21-10-14-9-15(26-2)7-8-17(14)27-3/h4-9,12H,10-11H2,1-3H3,(H,21,24). The predicted molar refractivity (Wildman–Crippen MR) is 102 cm³/mol. The van der Waals surface area contributed by atoms with E-state index in [2.05, 4.69) is 10.3 Å². The summed E-state index contributed by atoms with van der Waals surface area (Å²) in [6.45, 7) is 2.05. The fourth-order valence-corrected chi connectivity index (χ4v) is 2.87. The van der Waals surface area contributed by atoms with Gasteiger partial charge >= 0.3 is 0 Å². The highest BCUT2D eigenvalue weighted by Gasteiger charge is 2.11. The summed E-state index contributed by atoms with van der Waals surface area (Å²) >= 11 is 0. The molecule has 3 aromatic rings. The van der Waals surface area contributed by atoms with Crippen molar-refractivity contribution in [1.82, 2.24) is 14.9 Å². The first kappa shape index (κ1) is 18.4. The Morgan fingerprint density at radius 3 is 2.74 bits per heavy atom. The molecule has 0 aliphatic rings. The van der Waals surface area contributed by atoms with Gasteiger partial charge in [0.25, 0.3) is 5.56 Å². The summed E-state index contributed by atoms with van der Waals surface area (Å²) in [6.07, 6.45) is 1.41. The molecule has 0 unspecified atom stereocenters. The van der Waals surface area contributed by atoms with E-state index >= 15 is 0 Å². The molecule has 140 valence electrons. The Bertz CT molecular complexity index is 1040. The second-order valence-electron chi connectivity index (χ2n) is 6.10. The van der Waals surface area contributed by atoms with Gasteiger partial charge in [-0.05, 0) is 36.8 Å². The van der Waals surface area contributed by atoms with Crippen LogP contribution < -0.4 is 20.3 Å². The van der Waals surface area contributed by atoms with Crippen LogP contribution in [-0.2, 0) is 17.9 Å². The van der Waals surface area contributed by atoms with E-state index in [1.165, 1.54) is 10.9 Å². The number of hydrogen-bond donors (Lipinski definition) is 1. The van der Waals surface area contributed by atoms with Crippen molar-refractivity contribution in [2.75, 3.05) is 14.2 Å². The lowest BCUT2D eigenvalue weighted by Crippen LogP contribution is -2.32. The number of para-hydroxylation sites is 1. The Morgan fingerprint density at radius 1 is 1.19 bits per heavy atom. The van der Waals surface area contributed by atoms with Gasteiger partial charge in [0.15, 0.2) is 0 Å². The van der Waals surface area contributed by atoms with Crippen molar-refractivity contribution in [3.05, 3.63) is 64.2 Å². The second kappa shape index (κ2) is 7.90. The molecule has 0 bridgehead atoms. The van der Waals surface area contributed by atoms with Crippen LogP contribution in [0.5, 0.6) is 11.5 Å². The van der Waals surface area contributed by atoms with Crippen LogP contribution in [0.25, 0.3) is 10.9 Å². The van der Waals surface area contributed by atoms with Crippen LogP contribution >= 0.6 is 0 Å². The fourth-order valence-electron chi connectivity index (χ4n) is 2.87. The third-order valence-corrected chi connectivity index (χ3v) is 4.33. The summed E-state index contributed by atoms with van der Waals surface area (Å²) in [6, 6.07) is 10.8. The lowest BCUT2D eigenvalue weighted by atomic mass is 10.1. The first-order valence-electron chi connectivity index (χ1n) is 8.46. The quantitative estimate of drug-likeness (QED) is 0.721. The second-order valence-corrected chi connectivity index (χ2v) is 6.10. The van der Waals surface area contributed by atoms with Crippen molar-refractivity contribution in [3.63, 3.8) is 0 Å². The minimum atomic E-state index is -0.296. The number of carbonyl (C=O) groups is 1. The van der Waals surface area contributed by atoms with Crippen LogP contribution in [-0.4, -0.2) is 29.7 Å². The number of amides is 1. The minimum Gasteiger partial charge on any atom is -0.497 e. The minimum absolute atomic E-state index is 0.109. The molecule has 0 saturated carbocycles. The SMILES string of the molecule is COc1ccc(OC)c(CNC(=O)Cn2cnc3c(C)cccc3c2=O)c1. The molecule has 0 aliphatic carbocycles. The summed E-state index contributed by atoms with van der Waals surface area (Å²) in [5, 5.41) is 3.30. The zero-order valence-electron chi connectivity index (χ0n) is 15.5. The third-order valence-electron chi connectivity index (χ3n) is 4.33. The van der Waals surface area contributed by atoms with Crippen molar-refractivity contribution in [3.8, 4) is 11.5 Å². The van der Waals surface area contributed by atoms with E-state index in [9.17, 15) is 9.59 Å². The van der Waals surface area contributed by atoms with Crippen LogP contribution in [0.3, 0.4) is 0 Å². The van der Waals surface area contributed by atoms with Crippen LogP contribution in [0, 0.1) is 6.92 Å². The summed E-state index contributed by atoms with van der Waals surface area (Å²) in [5.74, 6) is 1.03. The van der Waals surface area contributed by atoms with Gasteiger partial charge in [-0.25, -0.2) is 4.98 Å². The molecular formula is C20H21N3O4. The van der Waals surface area contributed by atoms with E-state index in [0.717, 1.165) is 11.1 Å². The fraction of sp³-hybridized carbons (Fsp3) is 0.250. The van der Waals surface area contributed by atoms with E-state index in [1.54, 1.807) is 44.6 Å². The number of fused-ring (bicyclic) bond motifs is 1. The molecule has 0 fully saturated rings. The first-order valence-corrected chi connectivity index (χ1v) is 8.46. The molecule has 0 aliphatic heterocycles. The molecule has 1 aromatic heterocycles. The topological polar surface area (TPSA) is 82.4 Å². The maximum atomic E-state index is 12.6. The number of benzene rings is 2. The Labute approximate surface area is 156 Å². The van der Waals surface area contributed by atoms with Gasteiger partial charge in [-0.15, -0.1) is 0 Å². The Kier molecular flexibility index (Phi) is 5.40. The molecule has 1 heterocycles. The number of methoxy groups -OCH3 is 2. The molecule has 1 N–H and O–H groups in total. The van der Waals surface area contributed by atoms with Crippen LogP contribution in [0.4, 0.5) is 0 Å². The molecule has 27 heavy (non-hydrogen) atoms. The maximum Gasteiger partial charge on any atom is 0.261 e. The van der Waals surface area contributed by atoms with Gasteiger partial charge in [0, 0.05) is 12.1 Å². The Hall–Kier alpha value is -3.35. The number of nitrogens with zero attached hydrogens (tertiary/aromatic N) is 2. The molecule has 2 aromatic carbocycles. The van der Waals surface area contributed by atoms with Crippen molar-refractivity contribution in [2.45, 2.75) is 20.0 Å². The molecule has 7 nitrogen and oxygen atoms in total. The summed E-state index contributed by atoms with van der Waals surface area (Å²) < 4.78 is 11.8. The maximum absolute atomic E-state index is 12.6. The van der Waals surface area contributed by atoms with Crippen LogP contribution in [0.1, 0.15) is 11.1 Å². The highest BCUT2D eigenvalue weighted by atomic mass is 16.5. The zero-order valence-corrected chi connectivity index (χ0v) is 15.5. The highest BCUT2D eigenvalue weighted by molar-refractivity contribution is 5.81. The van der Waals surface area contributed by atoms with E-state index in [-0.39, 0.29) is 24.6 Å². The smallest absolute Gasteiger partial charge is 0.261 e. The van der Waals surface area contributed by atoms with E-state index in [4.69, 9.17) is 9.47 Å². The average molecular weight is 367 g/mol. The predicted octanol–water partition coefficient (Wildman–Crippen LogP) is 2.04. The number of nitrogens with one attached hydrogen (secondary N) is 1. The van der Waals surface area contributed by atoms with Crippen molar-refractivity contribution < 1.29 is 14.3 Å². The summed E-state index contributed by atoms with van der Waals surface area (Å²) in [4.78, 5) is 29.2. The van der Waals surface area contributed by atoms with Crippen LogP contribution in [0.15, 0.2) is 47.5 Å². The van der Waals surface area contributed by atoms with Crippen molar-refractivity contribution in [1.29, 1.82) is 0 Å². The molecule has 0 radical (unpaired) electrons. The van der Waals surface area contributed by atoms with Gasteiger partial charge in [-0.3, -0.25) is 14.2 Å².